The number of carbonyl (C=O) groups is 2. The fraction of sp³-hybridized carbons (Fsp3) is 0.227. The first-order valence-corrected chi connectivity index (χ1v) is 9.10. The minimum Gasteiger partial charge on any atom is -0.452 e. The van der Waals surface area contributed by atoms with Crippen LogP contribution in [0.1, 0.15) is 32.9 Å². The third kappa shape index (κ3) is 4.85. The average molecular weight is 377 g/mol. The number of hydrogen-bond acceptors (Lipinski definition) is 4. The molecule has 3 rings (SSSR count). The fourth-order valence-corrected chi connectivity index (χ4v) is 2.95. The number of esters is 1. The monoisotopic (exact) mass is 377 g/mol. The predicted octanol–water partition coefficient (Wildman–Crippen LogP) is 3.02. The fourth-order valence-electron chi connectivity index (χ4n) is 2.95. The molecule has 0 fully saturated rings. The summed E-state index contributed by atoms with van der Waals surface area (Å²) in [4.78, 5) is 24.4. The molecule has 144 valence electrons. The number of ether oxygens (including phenoxy) is 1. The summed E-state index contributed by atoms with van der Waals surface area (Å²) in [6.45, 7) is 4.23. The number of benzene rings is 2. The van der Waals surface area contributed by atoms with Crippen molar-refractivity contribution in [2.45, 2.75) is 26.9 Å². The van der Waals surface area contributed by atoms with E-state index in [0.29, 0.717) is 24.3 Å². The van der Waals surface area contributed by atoms with E-state index in [1.54, 1.807) is 11.6 Å². The molecule has 0 unspecified atom stereocenters. The van der Waals surface area contributed by atoms with Crippen molar-refractivity contribution in [3.8, 4) is 0 Å². The Morgan fingerprint density at radius 2 is 1.57 bits per heavy atom. The predicted molar refractivity (Wildman–Crippen MR) is 106 cm³/mol. The third-order valence-electron chi connectivity index (χ3n) is 4.43. The van der Waals surface area contributed by atoms with Gasteiger partial charge in [-0.15, -0.1) is 0 Å². The second kappa shape index (κ2) is 8.99. The molecule has 2 aromatic carbocycles. The van der Waals surface area contributed by atoms with Crippen LogP contribution in [-0.4, -0.2) is 28.3 Å². The standard InChI is InChI=1S/C22H23N3O3/c1-16-21(17(2)25(24-16)14-19-11-7-4-8-12-19)22(27)28-15-20(26)23-13-18-9-5-3-6-10-18/h3-12H,13-15H2,1-2H3,(H,23,26). The highest BCUT2D eigenvalue weighted by molar-refractivity contribution is 5.93. The van der Waals surface area contributed by atoms with Crippen molar-refractivity contribution in [3.05, 3.63) is 88.7 Å². The van der Waals surface area contributed by atoms with E-state index in [2.05, 4.69) is 10.4 Å². The molecule has 0 aliphatic carbocycles. The maximum atomic E-state index is 12.5. The molecule has 0 spiro atoms. The van der Waals surface area contributed by atoms with E-state index in [9.17, 15) is 9.59 Å². The maximum Gasteiger partial charge on any atom is 0.342 e. The van der Waals surface area contributed by atoms with Gasteiger partial charge in [0.25, 0.3) is 5.91 Å². The van der Waals surface area contributed by atoms with Crippen LogP contribution >= 0.6 is 0 Å². The van der Waals surface area contributed by atoms with Crippen LogP contribution in [0, 0.1) is 13.8 Å². The molecule has 0 aliphatic rings. The molecule has 1 N–H and O–H groups in total. The topological polar surface area (TPSA) is 73.2 Å². The van der Waals surface area contributed by atoms with E-state index in [1.165, 1.54) is 0 Å². The van der Waals surface area contributed by atoms with Gasteiger partial charge in [0.2, 0.25) is 0 Å². The molecular weight excluding hydrogens is 354 g/mol. The van der Waals surface area contributed by atoms with Crippen LogP contribution in [0.5, 0.6) is 0 Å². The number of nitrogens with one attached hydrogen (secondary N) is 1. The number of carbonyl (C=O) groups excluding carboxylic acids is 2. The molecule has 0 atom stereocenters. The van der Waals surface area contributed by atoms with Gasteiger partial charge in [0.1, 0.15) is 5.56 Å². The van der Waals surface area contributed by atoms with Gasteiger partial charge in [0, 0.05) is 6.54 Å². The number of rotatable bonds is 7. The first-order valence-electron chi connectivity index (χ1n) is 9.10. The molecule has 6 heteroatoms. The summed E-state index contributed by atoms with van der Waals surface area (Å²) >= 11 is 0. The Morgan fingerprint density at radius 3 is 2.21 bits per heavy atom. The maximum absolute atomic E-state index is 12.5. The number of nitrogens with zero attached hydrogens (tertiary/aromatic N) is 2. The smallest absolute Gasteiger partial charge is 0.342 e. The van der Waals surface area contributed by atoms with Crippen LogP contribution in [-0.2, 0) is 22.6 Å². The SMILES string of the molecule is Cc1nn(Cc2ccccc2)c(C)c1C(=O)OCC(=O)NCc1ccccc1. The first kappa shape index (κ1) is 19.4. The average Bonchev–Trinajstić information content (AvgIpc) is 2.99. The lowest BCUT2D eigenvalue weighted by Gasteiger charge is -2.08. The Morgan fingerprint density at radius 1 is 0.964 bits per heavy atom. The molecule has 6 nitrogen and oxygen atoms in total. The van der Waals surface area contributed by atoms with Crippen LogP contribution in [0.3, 0.4) is 0 Å². The summed E-state index contributed by atoms with van der Waals surface area (Å²) in [5.74, 6) is -0.881. The van der Waals surface area contributed by atoms with Gasteiger partial charge in [0.05, 0.1) is 17.9 Å². The zero-order valence-corrected chi connectivity index (χ0v) is 16.0. The molecule has 0 bridgehead atoms. The van der Waals surface area contributed by atoms with Crippen LogP contribution in [0.25, 0.3) is 0 Å². The van der Waals surface area contributed by atoms with Crippen LogP contribution in [0.15, 0.2) is 60.7 Å². The van der Waals surface area contributed by atoms with E-state index in [1.807, 2.05) is 67.6 Å². The lowest BCUT2D eigenvalue weighted by molar-refractivity contribution is -0.124. The van der Waals surface area contributed by atoms with Crippen molar-refractivity contribution in [1.29, 1.82) is 0 Å². The Balaban J connectivity index is 1.57. The van der Waals surface area contributed by atoms with Gasteiger partial charge < -0.3 is 10.1 Å². The van der Waals surface area contributed by atoms with Gasteiger partial charge in [-0.05, 0) is 25.0 Å². The van der Waals surface area contributed by atoms with Crippen molar-refractivity contribution in [2.24, 2.45) is 0 Å². The summed E-state index contributed by atoms with van der Waals surface area (Å²) in [6.07, 6.45) is 0. The zero-order valence-electron chi connectivity index (χ0n) is 16.0. The lowest BCUT2D eigenvalue weighted by Crippen LogP contribution is -2.28. The molecule has 1 aromatic heterocycles. The van der Waals surface area contributed by atoms with Crippen LogP contribution < -0.4 is 5.32 Å². The molecular formula is C22H23N3O3. The van der Waals surface area contributed by atoms with E-state index in [4.69, 9.17) is 4.74 Å². The van der Waals surface area contributed by atoms with Gasteiger partial charge in [-0.25, -0.2) is 4.79 Å². The van der Waals surface area contributed by atoms with Crippen molar-refractivity contribution in [3.63, 3.8) is 0 Å². The first-order chi connectivity index (χ1) is 13.5. The number of aromatic nitrogens is 2. The summed E-state index contributed by atoms with van der Waals surface area (Å²) in [5, 5.41) is 7.18. The Labute approximate surface area is 164 Å². The van der Waals surface area contributed by atoms with Crippen molar-refractivity contribution >= 4 is 11.9 Å². The summed E-state index contributed by atoms with van der Waals surface area (Å²) in [7, 11) is 0. The highest BCUT2D eigenvalue weighted by atomic mass is 16.5. The summed E-state index contributed by atoms with van der Waals surface area (Å²) < 4.78 is 6.97. The number of amides is 1. The minimum absolute atomic E-state index is 0.325. The molecule has 0 aliphatic heterocycles. The van der Waals surface area contributed by atoms with Crippen LogP contribution in [0.2, 0.25) is 0 Å². The molecule has 0 radical (unpaired) electrons. The largest absolute Gasteiger partial charge is 0.452 e. The molecule has 1 heterocycles. The minimum atomic E-state index is -0.538. The number of aryl methyl sites for hydroxylation is 1. The third-order valence-corrected chi connectivity index (χ3v) is 4.43. The Bertz CT molecular complexity index is 950. The van der Waals surface area contributed by atoms with Crippen molar-refractivity contribution in [2.75, 3.05) is 6.61 Å². The molecule has 1 amide bonds. The quantitative estimate of drug-likeness (QED) is 0.643. The second-order valence-corrected chi connectivity index (χ2v) is 6.53. The Hall–Kier alpha value is -3.41. The van der Waals surface area contributed by atoms with Gasteiger partial charge >= 0.3 is 5.97 Å². The van der Waals surface area contributed by atoms with E-state index in [-0.39, 0.29) is 12.5 Å². The van der Waals surface area contributed by atoms with E-state index < -0.39 is 5.97 Å². The van der Waals surface area contributed by atoms with E-state index >= 15 is 0 Å². The molecule has 3 aromatic rings. The highest BCUT2D eigenvalue weighted by Gasteiger charge is 2.21. The number of hydrogen-bond donors (Lipinski definition) is 1. The normalized spacial score (nSPS) is 10.5. The second-order valence-electron chi connectivity index (χ2n) is 6.53. The van der Waals surface area contributed by atoms with Gasteiger partial charge in [-0.1, -0.05) is 60.7 Å². The highest BCUT2D eigenvalue weighted by Crippen LogP contribution is 2.16. The lowest BCUT2D eigenvalue weighted by atomic mass is 10.2. The van der Waals surface area contributed by atoms with Crippen molar-refractivity contribution < 1.29 is 14.3 Å². The van der Waals surface area contributed by atoms with Gasteiger partial charge in [-0.3, -0.25) is 9.48 Å². The summed E-state index contributed by atoms with van der Waals surface area (Å²) in [5.41, 5.74) is 3.79. The van der Waals surface area contributed by atoms with Gasteiger partial charge in [-0.2, -0.15) is 5.10 Å². The molecule has 0 saturated heterocycles. The summed E-state index contributed by atoms with van der Waals surface area (Å²) in [6, 6.07) is 19.4. The Kier molecular flexibility index (Phi) is 6.22. The van der Waals surface area contributed by atoms with Gasteiger partial charge in [0.15, 0.2) is 6.61 Å². The van der Waals surface area contributed by atoms with Crippen molar-refractivity contribution in [1.82, 2.24) is 15.1 Å². The zero-order chi connectivity index (χ0) is 19.9. The van der Waals surface area contributed by atoms with Crippen LogP contribution in [0.4, 0.5) is 0 Å². The molecule has 0 saturated carbocycles. The molecule has 28 heavy (non-hydrogen) atoms. The van der Waals surface area contributed by atoms with E-state index in [0.717, 1.165) is 16.8 Å².